The molecule has 0 spiro atoms. The van der Waals surface area contributed by atoms with Gasteiger partial charge in [-0.25, -0.2) is 5.43 Å². The summed E-state index contributed by atoms with van der Waals surface area (Å²) >= 11 is 0. The van der Waals surface area contributed by atoms with E-state index >= 15 is 0 Å². The van der Waals surface area contributed by atoms with Crippen molar-refractivity contribution in [2.45, 2.75) is 27.4 Å². The third-order valence-electron chi connectivity index (χ3n) is 3.10. The number of hydrogen-bond donors (Lipinski definition) is 1. The van der Waals surface area contributed by atoms with Gasteiger partial charge >= 0.3 is 6.61 Å². The summed E-state index contributed by atoms with van der Waals surface area (Å²) in [5.74, 6) is 0.651. The number of para-hydroxylation sites is 1. The van der Waals surface area contributed by atoms with Gasteiger partial charge in [-0.2, -0.15) is 13.9 Å². The van der Waals surface area contributed by atoms with E-state index in [2.05, 4.69) is 15.3 Å². The second-order valence-corrected chi connectivity index (χ2v) is 4.84. The number of halogens is 2. The van der Waals surface area contributed by atoms with Crippen molar-refractivity contribution >= 4 is 11.6 Å². The maximum absolute atomic E-state index is 12.4. The highest BCUT2D eigenvalue weighted by atomic mass is 19.3. The molecule has 0 aliphatic carbocycles. The van der Waals surface area contributed by atoms with Gasteiger partial charge in [0.05, 0.1) is 11.3 Å². The lowest BCUT2D eigenvalue weighted by Crippen LogP contribution is -2.20. The fourth-order valence-corrected chi connectivity index (χ4v) is 2.08. The molecule has 5 nitrogen and oxygen atoms in total. The molecule has 1 amide bonds. The van der Waals surface area contributed by atoms with E-state index in [1.54, 1.807) is 45.0 Å². The van der Waals surface area contributed by atoms with Crippen molar-refractivity contribution in [3.8, 4) is 5.75 Å². The monoisotopic (exact) mass is 322 g/mol. The number of furan rings is 1. The smallest absolute Gasteiger partial charge is 0.387 e. The van der Waals surface area contributed by atoms with Gasteiger partial charge in [0.2, 0.25) is 0 Å². The van der Waals surface area contributed by atoms with E-state index in [9.17, 15) is 13.6 Å². The molecule has 1 aromatic heterocycles. The van der Waals surface area contributed by atoms with E-state index < -0.39 is 12.5 Å². The van der Waals surface area contributed by atoms with Crippen LogP contribution in [-0.4, -0.2) is 18.2 Å². The third-order valence-corrected chi connectivity index (χ3v) is 3.10. The van der Waals surface area contributed by atoms with Gasteiger partial charge in [0.1, 0.15) is 17.3 Å². The van der Waals surface area contributed by atoms with Crippen LogP contribution in [0.4, 0.5) is 8.78 Å². The number of carbonyl (C=O) groups is 1. The maximum atomic E-state index is 12.4. The average Bonchev–Trinajstić information content (AvgIpc) is 2.83. The molecule has 7 heteroatoms. The zero-order valence-electron chi connectivity index (χ0n) is 12.9. The van der Waals surface area contributed by atoms with Crippen molar-refractivity contribution in [3.63, 3.8) is 0 Å². The van der Waals surface area contributed by atoms with Crippen LogP contribution in [0.2, 0.25) is 0 Å². The number of carbonyl (C=O) groups excluding carboxylic acids is 1. The Bertz CT molecular complexity index is 739. The highest BCUT2D eigenvalue weighted by Gasteiger charge is 2.14. The third kappa shape index (κ3) is 4.15. The lowest BCUT2D eigenvalue weighted by atomic mass is 10.1. The van der Waals surface area contributed by atoms with Gasteiger partial charge in [-0.1, -0.05) is 12.1 Å². The molecule has 0 atom stereocenters. The number of aryl methyl sites for hydroxylation is 2. The summed E-state index contributed by atoms with van der Waals surface area (Å²) < 4.78 is 34.5. The molecule has 122 valence electrons. The van der Waals surface area contributed by atoms with Gasteiger partial charge in [-0.15, -0.1) is 0 Å². The topological polar surface area (TPSA) is 63.8 Å². The quantitative estimate of drug-likeness (QED) is 0.675. The first-order valence-corrected chi connectivity index (χ1v) is 6.84. The van der Waals surface area contributed by atoms with Gasteiger partial charge in [-0.3, -0.25) is 4.79 Å². The summed E-state index contributed by atoms with van der Waals surface area (Å²) in [6.07, 6.45) is 0. The maximum Gasteiger partial charge on any atom is 0.387 e. The first kappa shape index (κ1) is 16.7. The van der Waals surface area contributed by atoms with Gasteiger partial charge in [-0.05, 0) is 39.0 Å². The molecule has 0 fully saturated rings. The van der Waals surface area contributed by atoms with Crippen LogP contribution < -0.4 is 10.2 Å². The number of nitrogens with one attached hydrogen (secondary N) is 1. The SMILES string of the molecule is C/C(=N/NC(=O)c1cc(C)oc1C)c1ccccc1OC(F)F. The highest BCUT2D eigenvalue weighted by Crippen LogP contribution is 2.21. The molecular formula is C16H16F2N2O3. The molecule has 0 unspecified atom stereocenters. The number of ether oxygens (including phenoxy) is 1. The lowest BCUT2D eigenvalue weighted by Gasteiger charge is -2.10. The van der Waals surface area contributed by atoms with E-state index in [4.69, 9.17) is 4.42 Å². The van der Waals surface area contributed by atoms with Crippen LogP contribution in [0, 0.1) is 13.8 Å². The normalized spacial score (nSPS) is 11.7. The van der Waals surface area contributed by atoms with E-state index in [1.807, 2.05) is 0 Å². The molecular weight excluding hydrogens is 306 g/mol. The summed E-state index contributed by atoms with van der Waals surface area (Å²) in [6.45, 7) is 2.05. The van der Waals surface area contributed by atoms with Crippen LogP contribution in [0.15, 0.2) is 39.9 Å². The largest absolute Gasteiger partial charge is 0.466 e. The van der Waals surface area contributed by atoms with Crippen LogP contribution in [0.25, 0.3) is 0 Å². The molecule has 23 heavy (non-hydrogen) atoms. The van der Waals surface area contributed by atoms with E-state index in [1.165, 1.54) is 6.07 Å². The van der Waals surface area contributed by atoms with Crippen LogP contribution >= 0.6 is 0 Å². The van der Waals surface area contributed by atoms with Crippen LogP contribution in [0.3, 0.4) is 0 Å². The number of amides is 1. The fraction of sp³-hybridized carbons (Fsp3) is 0.250. The van der Waals surface area contributed by atoms with Crippen molar-refractivity contribution in [2.24, 2.45) is 5.10 Å². The fourth-order valence-electron chi connectivity index (χ4n) is 2.08. The molecule has 0 aliphatic heterocycles. The van der Waals surface area contributed by atoms with Gasteiger partial charge in [0.25, 0.3) is 5.91 Å². The lowest BCUT2D eigenvalue weighted by molar-refractivity contribution is -0.0499. The van der Waals surface area contributed by atoms with E-state index in [0.717, 1.165) is 0 Å². The first-order valence-electron chi connectivity index (χ1n) is 6.84. The van der Waals surface area contributed by atoms with Crippen molar-refractivity contribution in [3.05, 3.63) is 53.0 Å². The van der Waals surface area contributed by atoms with Gasteiger partial charge < -0.3 is 9.15 Å². The average molecular weight is 322 g/mol. The Kier molecular flexibility index (Phi) is 5.10. The number of benzene rings is 1. The number of hydrogen-bond acceptors (Lipinski definition) is 4. The van der Waals surface area contributed by atoms with E-state index in [0.29, 0.717) is 28.4 Å². The standard InChI is InChI=1S/C16H16F2N2O3/c1-9-8-13(11(3)22-9)15(21)20-19-10(2)12-6-4-5-7-14(12)23-16(17)18/h4-8,16H,1-3H3,(H,20,21)/b19-10-. The number of alkyl halides is 2. The summed E-state index contributed by atoms with van der Waals surface area (Å²) in [4.78, 5) is 12.0. The molecule has 0 bridgehead atoms. The molecule has 0 radical (unpaired) electrons. The summed E-state index contributed by atoms with van der Waals surface area (Å²) in [5.41, 5.74) is 3.46. The molecule has 1 N–H and O–H groups in total. The predicted molar refractivity (Wildman–Crippen MR) is 80.9 cm³/mol. The number of rotatable bonds is 5. The molecule has 0 saturated heterocycles. The minimum Gasteiger partial charge on any atom is -0.466 e. The summed E-state index contributed by atoms with van der Waals surface area (Å²) in [5, 5.41) is 3.94. The summed E-state index contributed by atoms with van der Waals surface area (Å²) in [6, 6.07) is 7.83. The van der Waals surface area contributed by atoms with Gasteiger partial charge in [0, 0.05) is 5.56 Å². The second kappa shape index (κ2) is 7.04. The molecule has 2 rings (SSSR count). The molecule has 0 saturated carbocycles. The van der Waals surface area contributed by atoms with Crippen molar-refractivity contribution in [1.29, 1.82) is 0 Å². The second-order valence-electron chi connectivity index (χ2n) is 4.84. The minimum atomic E-state index is -2.94. The highest BCUT2D eigenvalue weighted by molar-refractivity contribution is 6.02. The Balaban J connectivity index is 2.17. The predicted octanol–water partition coefficient (Wildman–Crippen LogP) is 3.65. The Labute approximate surface area is 131 Å². The van der Waals surface area contributed by atoms with Crippen LogP contribution in [0.5, 0.6) is 5.75 Å². The van der Waals surface area contributed by atoms with Crippen molar-refractivity contribution in [2.75, 3.05) is 0 Å². The van der Waals surface area contributed by atoms with Crippen LogP contribution in [-0.2, 0) is 0 Å². The van der Waals surface area contributed by atoms with E-state index in [-0.39, 0.29) is 5.75 Å². The molecule has 2 aromatic rings. The Morgan fingerprint density at radius 1 is 1.26 bits per heavy atom. The Hall–Kier alpha value is -2.70. The number of nitrogens with zero attached hydrogens (tertiary/aromatic N) is 1. The number of hydrazone groups is 1. The summed E-state index contributed by atoms with van der Waals surface area (Å²) in [7, 11) is 0. The van der Waals surface area contributed by atoms with Crippen LogP contribution in [0.1, 0.15) is 34.4 Å². The zero-order chi connectivity index (χ0) is 17.0. The first-order chi connectivity index (χ1) is 10.9. The van der Waals surface area contributed by atoms with Crippen molar-refractivity contribution < 1.29 is 22.7 Å². The zero-order valence-corrected chi connectivity index (χ0v) is 12.9. The molecule has 1 aromatic carbocycles. The molecule has 1 heterocycles. The Morgan fingerprint density at radius 3 is 2.57 bits per heavy atom. The molecule has 0 aliphatic rings. The Morgan fingerprint density at radius 2 is 1.96 bits per heavy atom. The van der Waals surface area contributed by atoms with Crippen molar-refractivity contribution in [1.82, 2.24) is 5.43 Å². The van der Waals surface area contributed by atoms with Gasteiger partial charge in [0.15, 0.2) is 0 Å². The minimum absolute atomic E-state index is 0.00617.